The third kappa shape index (κ3) is 4.03. The molecule has 0 atom stereocenters. The summed E-state index contributed by atoms with van der Waals surface area (Å²) in [6.45, 7) is 2.61. The molecule has 5 heteroatoms. The first-order valence-corrected chi connectivity index (χ1v) is 6.70. The largest absolute Gasteiger partial charge is 0.364 e. The molecule has 0 fully saturated rings. The van der Waals surface area contributed by atoms with Gasteiger partial charge in [-0.2, -0.15) is 0 Å². The zero-order valence-corrected chi connectivity index (χ0v) is 12.4. The Morgan fingerprint density at radius 1 is 1.24 bits per heavy atom. The maximum atomic E-state index is 12.1. The molecule has 0 aliphatic heterocycles. The standard InChI is InChI=1S/C16H19N3O2/c1-11-8-15(20)14(9-17-11)16(21)18-13-6-4-12(5-7-13)10-19(2)3/h4-9H,10H2,1-3H3,(H,17,20)(H,18,21). The number of hydrogen-bond donors (Lipinski definition) is 2. The third-order valence-electron chi connectivity index (χ3n) is 3.01. The highest BCUT2D eigenvalue weighted by atomic mass is 16.2. The van der Waals surface area contributed by atoms with Crippen molar-refractivity contribution in [1.82, 2.24) is 9.88 Å². The van der Waals surface area contributed by atoms with E-state index in [0.717, 1.165) is 17.8 Å². The number of carbonyl (C=O) groups excluding carboxylic acids is 1. The van der Waals surface area contributed by atoms with E-state index in [0.29, 0.717) is 5.69 Å². The topological polar surface area (TPSA) is 65.2 Å². The van der Waals surface area contributed by atoms with E-state index in [2.05, 4.69) is 15.2 Å². The highest BCUT2D eigenvalue weighted by Gasteiger charge is 2.10. The predicted molar refractivity (Wildman–Crippen MR) is 83.6 cm³/mol. The van der Waals surface area contributed by atoms with Gasteiger partial charge in [0.05, 0.1) is 0 Å². The van der Waals surface area contributed by atoms with Crippen LogP contribution in [0.15, 0.2) is 41.3 Å². The number of nitrogens with zero attached hydrogens (tertiary/aromatic N) is 1. The van der Waals surface area contributed by atoms with Crippen LogP contribution in [0.1, 0.15) is 21.6 Å². The second kappa shape index (κ2) is 6.37. The summed E-state index contributed by atoms with van der Waals surface area (Å²) in [6, 6.07) is 8.98. The van der Waals surface area contributed by atoms with Crippen LogP contribution in [-0.2, 0) is 6.54 Å². The second-order valence-corrected chi connectivity index (χ2v) is 5.28. The predicted octanol–water partition coefficient (Wildman–Crippen LogP) is 2.00. The van der Waals surface area contributed by atoms with Gasteiger partial charge < -0.3 is 15.2 Å². The van der Waals surface area contributed by atoms with Gasteiger partial charge in [0, 0.05) is 30.2 Å². The minimum atomic E-state index is -0.406. The number of anilines is 1. The van der Waals surface area contributed by atoms with Crippen molar-refractivity contribution in [3.05, 3.63) is 63.6 Å². The maximum Gasteiger partial charge on any atom is 0.261 e. The van der Waals surface area contributed by atoms with Crippen LogP contribution in [-0.4, -0.2) is 29.9 Å². The first-order valence-electron chi connectivity index (χ1n) is 6.70. The van der Waals surface area contributed by atoms with E-state index in [9.17, 15) is 9.59 Å². The van der Waals surface area contributed by atoms with Crippen LogP contribution in [0.2, 0.25) is 0 Å². The van der Waals surface area contributed by atoms with E-state index >= 15 is 0 Å². The smallest absolute Gasteiger partial charge is 0.261 e. The van der Waals surface area contributed by atoms with Crippen molar-refractivity contribution in [2.75, 3.05) is 19.4 Å². The molecular weight excluding hydrogens is 266 g/mol. The molecule has 0 aliphatic rings. The number of carbonyl (C=O) groups is 1. The fraction of sp³-hybridized carbons (Fsp3) is 0.250. The molecule has 0 aliphatic carbocycles. The Morgan fingerprint density at radius 2 is 1.90 bits per heavy atom. The number of benzene rings is 1. The lowest BCUT2D eigenvalue weighted by molar-refractivity contribution is 0.102. The highest BCUT2D eigenvalue weighted by molar-refractivity contribution is 6.03. The van der Waals surface area contributed by atoms with Gasteiger partial charge in [-0.25, -0.2) is 0 Å². The lowest BCUT2D eigenvalue weighted by Crippen LogP contribution is -2.21. The number of aryl methyl sites for hydroxylation is 1. The van der Waals surface area contributed by atoms with Crippen LogP contribution in [0.4, 0.5) is 5.69 Å². The normalized spacial score (nSPS) is 10.7. The Kier molecular flexibility index (Phi) is 4.55. The van der Waals surface area contributed by atoms with Gasteiger partial charge in [-0.1, -0.05) is 12.1 Å². The van der Waals surface area contributed by atoms with Gasteiger partial charge in [0.15, 0.2) is 5.43 Å². The van der Waals surface area contributed by atoms with Crippen LogP contribution in [0.3, 0.4) is 0 Å². The fourth-order valence-corrected chi connectivity index (χ4v) is 2.01. The molecule has 1 heterocycles. The third-order valence-corrected chi connectivity index (χ3v) is 3.01. The fourth-order valence-electron chi connectivity index (χ4n) is 2.01. The molecule has 0 radical (unpaired) electrons. The zero-order valence-electron chi connectivity index (χ0n) is 12.4. The molecule has 2 aromatic rings. The summed E-state index contributed by atoms with van der Waals surface area (Å²) in [6.07, 6.45) is 1.44. The summed E-state index contributed by atoms with van der Waals surface area (Å²) in [7, 11) is 4.00. The maximum absolute atomic E-state index is 12.1. The van der Waals surface area contributed by atoms with Crippen molar-refractivity contribution in [2.24, 2.45) is 0 Å². The molecule has 5 nitrogen and oxygen atoms in total. The SMILES string of the molecule is Cc1cc(=O)c(C(=O)Nc2ccc(CN(C)C)cc2)c[nH]1. The molecule has 1 aromatic carbocycles. The van der Waals surface area contributed by atoms with Crippen LogP contribution >= 0.6 is 0 Å². The summed E-state index contributed by atoms with van der Waals surface area (Å²) >= 11 is 0. The molecule has 2 rings (SSSR count). The number of amides is 1. The van der Waals surface area contributed by atoms with Gasteiger partial charge in [-0.15, -0.1) is 0 Å². The zero-order chi connectivity index (χ0) is 15.4. The Bertz CT molecular complexity index is 687. The van der Waals surface area contributed by atoms with Crippen molar-refractivity contribution < 1.29 is 4.79 Å². The number of pyridine rings is 1. The van der Waals surface area contributed by atoms with E-state index < -0.39 is 5.91 Å². The van der Waals surface area contributed by atoms with Gasteiger partial charge in [0.1, 0.15) is 5.56 Å². The summed E-state index contributed by atoms with van der Waals surface area (Å²) in [5.74, 6) is -0.406. The number of aromatic nitrogens is 1. The molecule has 0 unspecified atom stereocenters. The minimum Gasteiger partial charge on any atom is -0.364 e. The van der Waals surface area contributed by atoms with Gasteiger partial charge in [0.25, 0.3) is 5.91 Å². The molecule has 0 saturated carbocycles. The molecule has 2 N–H and O–H groups in total. The first kappa shape index (κ1) is 15.0. The Hall–Kier alpha value is -2.40. The molecule has 0 bridgehead atoms. The van der Waals surface area contributed by atoms with Crippen molar-refractivity contribution in [3.8, 4) is 0 Å². The van der Waals surface area contributed by atoms with Crippen LogP contribution in [0.5, 0.6) is 0 Å². The number of H-pyrrole nitrogens is 1. The van der Waals surface area contributed by atoms with Crippen molar-refractivity contribution >= 4 is 11.6 Å². The summed E-state index contributed by atoms with van der Waals surface area (Å²) in [5, 5.41) is 2.73. The molecule has 110 valence electrons. The first-order chi connectivity index (χ1) is 9.95. The summed E-state index contributed by atoms with van der Waals surface area (Å²) in [5.41, 5.74) is 2.38. The Balaban J connectivity index is 2.10. The van der Waals surface area contributed by atoms with Crippen molar-refractivity contribution in [2.45, 2.75) is 13.5 Å². The monoisotopic (exact) mass is 285 g/mol. The molecule has 0 saturated heterocycles. The number of rotatable bonds is 4. The molecule has 21 heavy (non-hydrogen) atoms. The lowest BCUT2D eigenvalue weighted by Gasteiger charge is -2.10. The van der Waals surface area contributed by atoms with Gasteiger partial charge >= 0.3 is 0 Å². The van der Waals surface area contributed by atoms with Crippen LogP contribution < -0.4 is 10.7 Å². The van der Waals surface area contributed by atoms with Crippen molar-refractivity contribution in [1.29, 1.82) is 0 Å². The van der Waals surface area contributed by atoms with Crippen molar-refractivity contribution in [3.63, 3.8) is 0 Å². The summed E-state index contributed by atoms with van der Waals surface area (Å²) < 4.78 is 0. The van der Waals surface area contributed by atoms with E-state index in [1.54, 1.807) is 6.92 Å². The van der Waals surface area contributed by atoms with Gasteiger partial charge in [0.2, 0.25) is 0 Å². The quantitative estimate of drug-likeness (QED) is 0.903. The van der Waals surface area contributed by atoms with E-state index in [1.807, 2.05) is 38.4 Å². The van der Waals surface area contributed by atoms with Gasteiger partial charge in [-0.3, -0.25) is 9.59 Å². The average molecular weight is 285 g/mol. The summed E-state index contributed by atoms with van der Waals surface area (Å²) in [4.78, 5) is 28.8. The average Bonchev–Trinajstić information content (AvgIpc) is 2.40. The Morgan fingerprint density at radius 3 is 2.48 bits per heavy atom. The minimum absolute atomic E-state index is 0.109. The van der Waals surface area contributed by atoms with E-state index in [-0.39, 0.29) is 11.0 Å². The van der Waals surface area contributed by atoms with Crippen LogP contribution in [0.25, 0.3) is 0 Å². The molecular formula is C16H19N3O2. The number of nitrogens with one attached hydrogen (secondary N) is 2. The Labute approximate surface area is 123 Å². The number of hydrogen-bond acceptors (Lipinski definition) is 3. The number of aromatic amines is 1. The van der Waals surface area contributed by atoms with E-state index in [4.69, 9.17) is 0 Å². The molecule has 0 spiro atoms. The van der Waals surface area contributed by atoms with E-state index in [1.165, 1.54) is 12.3 Å². The highest BCUT2D eigenvalue weighted by Crippen LogP contribution is 2.11. The van der Waals surface area contributed by atoms with Crippen LogP contribution in [0, 0.1) is 6.92 Å². The second-order valence-electron chi connectivity index (χ2n) is 5.28. The molecule has 1 amide bonds. The van der Waals surface area contributed by atoms with Gasteiger partial charge in [-0.05, 0) is 38.7 Å². The lowest BCUT2D eigenvalue weighted by atomic mass is 10.2. The molecule has 1 aromatic heterocycles.